The molecule has 0 N–H and O–H groups in total. The Bertz CT molecular complexity index is 409. The summed E-state index contributed by atoms with van der Waals surface area (Å²) in [5, 5.41) is 0. The summed E-state index contributed by atoms with van der Waals surface area (Å²) in [6, 6.07) is 6.28. The van der Waals surface area contributed by atoms with Crippen LogP contribution in [-0.2, 0) is 11.2 Å². The Morgan fingerprint density at radius 2 is 2.24 bits per heavy atom. The molecule has 0 saturated heterocycles. The summed E-state index contributed by atoms with van der Waals surface area (Å²) in [5.41, 5.74) is 2.48. The third kappa shape index (κ3) is 2.87. The molecule has 0 spiro atoms. The van der Waals surface area contributed by atoms with Crippen LogP contribution in [0.1, 0.15) is 36.8 Å². The smallest absolute Gasteiger partial charge is 0.135 e. The van der Waals surface area contributed by atoms with Crippen LogP contribution in [0.3, 0.4) is 0 Å². The highest BCUT2D eigenvalue weighted by molar-refractivity contribution is 5.82. The van der Waals surface area contributed by atoms with Gasteiger partial charge in [0.25, 0.3) is 0 Å². The van der Waals surface area contributed by atoms with Crippen LogP contribution in [0.4, 0.5) is 0 Å². The van der Waals surface area contributed by atoms with Crippen molar-refractivity contribution in [1.29, 1.82) is 0 Å². The summed E-state index contributed by atoms with van der Waals surface area (Å²) in [7, 11) is 1.69. The number of Topliss-reactive ketones (excluding diaryl/α,β-unsaturated/α-hetero) is 1. The first-order valence-electron chi connectivity index (χ1n) is 6.37. The summed E-state index contributed by atoms with van der Waals surface area (Å²) in [6.07, 6.45) is 4.98. The minimum absolute atomic E-state index is 0.317. The van der Waals surface area contributed by atoms with Crippen molar-refractivity contribution in [3.8, 4) is 5.75 Å². The van der Waals surface area contributed by atoms with E-state index in [0.717, 1.165) is 37.9 Å². The average Bonchev–Trinajstić information content (AvgIpc) is 2.72. The lowest BCUT2D eigenvalue weighted by molar-refractivity contribution is -0.120. The zero-order valence-electron chi connectivity index (χ0n) is 10.7. The SMILES string of the molecule is COc1ccc(CCC2CCCC2=O)cc1C. The molecule has 2 heteroatoms. The molecule has 17 heavy (non-hydrogen) atoms. The summed E-state index contributed by atoms with van der Waals surface area (Å²) in [5.74, 6) is 1.72. The Hall–Kier alpha value is -1.31. The molecule has 0 amide bonds. The van der Waals surface area contributed by atoms with Gasteiger partial charge < -0.3 is 4.74 Å². The molecular weight excluding hydrogens is 212 g/mol. The Kier molecular flexibility index (Phi) is 3.82. The molecule has 1 saturated carbocycles. The van der Waals surface area contributed by atoms with E-state index in [1.54, 1.807) is 7.11 Å². The van der Waals surface area contributed by atoms with Crippen LogP contribution in [0.15, 0.2) is 18.2 Å². The molecule has 0 heterocycles. The number of hydrogen-bond acceptors (Lipinski definition) is 2. The fraction of sp³-hybridized carbons (Fsp3) is 0.533. The standard InChI is InChI=1S/C15H20O2/c1-11-10-12(7-9-15(11)17-2)6-8-13-4-3-5-14(13)16/h7,9-10,13H,3-6,8H2,1-2H3. The van der Waals surface area contributed by atoms with Crippen molar-refractivity contribution in [2.45, 2.75) is 39.0 Å². The van der Waals surface area contributed by atoms with Gasteiger partial charge in [-0.25, -0.2) is 0 Å². The first kappa shape index (κ1) is 12.2. The zero-order valence-corrected chi connectivity index (χ0v) is 10.7. The van der Waals surface area contributed by atoms with Crippen molar-refractivity contribution >= 4 is 5.78 Å². The number of ether oxygens (including phenoxy) is 1. The van der Waals surface area contributed by atoms with Crippen LogP contribution in [-0.4, -0.2) is 12.9 Å². The molecule has 2 rings (SSSR count). The van der Waals surface area contributed by atoms with Gasteiger partial charge in [0.05, 0.1) is 7.11 Å². The average molecular weight is 232 g/mol. The summed E-state index contributed by atoms with van der Waals surface area (Å²) in [4.78, 5) is 11.5. The van der Waals surface area contributed by atoms with Crippen LogP contribution < -0.4 is 4.74 Å². The minimum Gasteiger partial charge on any atom is -0.496 e. The second-order valence-corrected chi connectivity index (χ2v) is 4.90. The Labute approximate surface area is 103 Å². The molecule has 92 valence electrons. The van der Waals surface area contributed by atoms with E-state index in [0.29, 0.717) is 11.7 Å². The molecule has 1 aliphatic carbocycles. The first-order chi connectivity index (χ1) is 8.20. The van der Waals surface area contributed by atoms with Crippen molar-refractivity contribution in [3.05, 3.63) is 29.3 Å². The highest BCUT2D eigenvalue weighted by atomic mass is 16.5. The van der Waals surface area contributed by atoms with Gasteiger partial charge >= 0.3 is 0 Å². The van der Waals surface area contributed by atoms with Gasteiger partial charge in [-0.3, -0.25) is 4.79 Å². The fourth-order valence-electron chi connectivity index (χ4n) is 2.63. The maximum atomic E-state index is 11.5. The topological polar surface area (TPSA) is 26.3 Å². The molecule has 1 fully saturated rings. The monoisotopic (exact) mass is 232 g/mol. The molecule has 0 aromatic heterocycles. The Morgan fingerprint density at radius 1 is 1.41 bits per heavy atom. The van der Waals surface area contributed by atoms with E-state index in [9.17, 15) is 4.79 Å². The van der Waals surface area contributed by atoms with E-state index in [-0.39, 0.29) is 0 Å². The van der Waals surface area contributed by atoms with Crippen LogP contribution >= 0.6 is 0 Å². The Morgan fingerprint density at radius 3 is 2.82 bits per heavy atom. The zero-order chi connectivity index (χ0) is 12.3. The number of benzene rings is 1. The summed E-state index contributed by atoms with van der Waals surface area (Å²) < 4.78 is 5.24. The number of rotatable bonds is 4. The van der Waals surface area contributed by atoms with Crippen LogP contribution in [0.2, 0.25) is 0 Å². The molecule has 1 aromatic rings. The highest BCUT2D eigenvalue weighted by Crippen LogP contribution is 2.26. The first-order valence-corrected chi connectivity index (χ1v) is 6.37. The van der Waals surface area contributed by atoms with E-state index in [1.165, 1.54) is 11.1 Å². The van der Waals surface area contributed by atoms with Gasteiger partial charge in [0.2, 0.25) is 0 Å². The van der Waals surface area contributed by atoms with Crippen molar-refractivity contribution < 1.29 is 9.53 Å². The van der Waals surface area contributed by atoms with Crippen LogP contribution in [0, 0.1) is 12.8 Å². The molecule has 1 atom stereocenters. The molecule has 1 aromatic carbocycles. The summed E-state index contributed by atoms with van der Waals surface area (Å²) in [6.45, 7) is 2.06. The lowest BCUT2D eigenvalue weighted by Gasteiger charge is -2.10. The maximum absolute atomic E-state index is 11.5. The quantitative estimate of drug-likeness (QED) is 0.796. The number of carbonyl (C=O) groups excluding carboxylic acids is 1. The third-order valence-corrected chi connectivity index (χ3v) is 3.67. The molecule has 2 nitrogen and oxygen atoms in total. The van der Waals surface area contributed by atoms with Crippen molar-refractivity contribution in [3.63, 3.8) is 0 Å². The molecule has 1 aliphatic rings. The second-order valence-electron chi connectivity index (χ2n) is 4.90. The number of ketones is 1. The Balaban J connectivity index is 1.95. The lowest BCUT2D eigenvalue weighted by Crippen LogP contribution is -2.07. The van der Waals surface area contributed by atoms with E-state index in [4.69, 9.17) is 4.74 Å². The number of methoxy groups -OCH3 is 1. The van der Waals surface area contributed by atoms with Crippen molar-refractivity contribution in [1.82, 2.24) is 0 Å². The van der Waals surface area contributed by atoms with E-state index in [2.05, 4.69) is 19.1 Å². The number of hydrogen-bond donors (Lipinski definition) is 0. The van der Waals surface area contributed by atoms with Gasteiger partial charge in [0, 0.05) is 12.3 Å². The van der Waals surface area contributed by atoms with Gasteiger partial charge in [0.15, 0.2) is 0 Å². The highest BCUT2D eigenvalue weighted by Gasteiger charge is 2.23. The lowest BCUT2D eigenvalue weighted by atomic mass is 9.96. The summed E-state index contributed by atoms with van der Waals surface area (Å²) >= 11 is 0. The van der Waals surface area contributed by atoms with E-state index in [1.807, 2.05) is 6.07 Å². The predicted molar refractivity (Wildman–Crippen MR) is 68.4 cm³/mol. The van der Waals surface area contributed by atoms with Gasteiger partial charge in [-0.2, -0.15) is 0 Å². The number of carbonyl (C=O) groups is 1. The normalized spacial score (nSPS) is 19.6. The second kappa shape index (κ2) is 5.35. The third-order valence-electron chi connectivity index (χ3n) is 3.67. The molecular formula is C15H20O2. The van der Waals surface area contributed by atoms with E-state index < -0.39 is 0 Å². The molecule has 0 radical (unpaired) electrons. The van der Waals surface area contributed by atoms with Crippen LogP contribution in [0.25, 0.3) is 0 Å². The molecule has 0 aliphatic heterocycles. The maximum Gasteiger partial charge on any atom is 0.135 e. The van der Waals surface area contributed by atoms with Gasteiger partial charge in [-0.1, -0.05) is 12.1 Å². The van der Waals surface area contributed by atoms with Crippen molar-refractivity contribution in [2.24, 2.45) is 5.92 Å². The predicted octanol–water partition coefficient (Wildman–Crippen LogP) is 3.31. The van der Waals surface area contributed by atoms with Gasteiger partial charge in [-0.15, -0.1) is 0 Å². The fourth-order valence-corrected chi connectivity index (χ4v) is 2.63. The largest absolute Gasteiger partial charge is 0.496 e. The molecule has 0 bridgehead atoms. The van der Waals surface area contributed by atoms with Gasteiger partial charge in [-0.05, 0) is 49.8 Å². The minimum atomic E-state index is 0.317. The number of aryl methyl sites for hydroxylation is 2. The van der Waals surface area contributed by atoms with Crippen LogP contribution in [0.5, 0.6) is 5.75 Å². The molecule has 1 unspecified atom stereocenters. The van der Waals surface area contributed by atoms with Crippen molar-refractivity contribution in [2.75, 3.05) is 7.11 Å². The van der Waals surface area contributed by atoms with E-state index >= 15 is 0 Å². The van der Waals surface area contributed by atoms with Gasteiger partial charge in [0.1, 0.15) is 11.5 Å².